The molecular weight excluding hydrogens is 384 g/mol. The van der Waals surface area contributed by atoms with Gasteiger partial charge in [0.25, 0.3) is 0 Å². The molecule has 0 unspecified atom stereocenters. The Morgan fingerprint density at radius 1 is 1.21 bits per heavy atom. The van der Waals surface area contributed by atoms with Gasteiger partial charge in [-0.25, -0.2) is 0 Å². The van der Waals surface area contributed by atoms with Crippen LogP contribution in [-0.2, 0) is 18.6 Å². The highest BCUT2D eigenvalue weighted by Gasteiger charge is 2.64. The molecule has 1 N–H and O–H groups in total. The average molecular weight is 417 g/mol. The van der Waals surface area contributed by atoms with Crippen molar-refractivity contribution in [3.05, 3.63) is 11.6 Å². The fourth-order valence-corrected chi connectivity index (χ4v) is 5.16. The van der Waals surface area contributed by atoms with Crippen LogP contribution < -0.4 is 0 Å². The first-order valence-electron chi connectivity index (χ1n) is 10.4. The average Bonchev–Trinajstić information content (AvgIpc) is 2.92. The summed E-state index contributed by atoms with van der Waals surface area (Å²) < 4.78 is 24.2. The van der Waals surface area contributed by atoms with Crippen molar-refractivity contribution in [3.8, 4) is 23.7 Å². The summed E-state index contributed by atoms with van der Waals surface area (Å²) in [7, 11) is -1.92. The molecule has 0 saturated carbocycles. The number of hydrogen-bond acceptors (Lipinski definition) is 5. The van der Waals surface area contributed by atoms with Gasteiger partial charge in [0, 0.05) is 11.5 Å². The molecule has 4 aliphatic rings. The molecule has 5 nitrogen and oxygen atoms in total. The van der Waals surface area contributed by atoms with Crippen LogP contribution in [0, 0.1) is 29.6 Å². The molecule has 2 aliphatic heterocycles. The molecular formula is C23H32O5Si. The van der Waals surface area contributed by atoms with Crippen LogP contribution in [0.1, 0.15) is 41.0 Å². The minimum atomic E-state index is -1.92. The third-order valence-corrected chi connectivity index (χ3v) is 11.3. The van der Waals surface area contributed by atoms with Crippen molar-refractivity contribution < 1.29 is 23.7 Å². The van der Waals surface area contributed by atoms with Gasteiger partial charge in [-0.3, -0.25) is 0 Å². The van der Waals surface area contributed by atoms with E-state index in [0.717, 1.165) is 5.57 Å². The molecule has 158 valence electrons. The Morgan fingerprint density at radius 2 is 1.93 bits per heavy atom. The Bertz CT molecular complexity index is 846. The van der Waals surface area contributed by atoms with Gasteiger partial charge in [-0.05, 0) is 44.5 Å². The number of epoxide rings is 1. The van der Waals surface area contributed by atoms with Crippen LogP contribution in [-0.4, -0.2) is 55.8 Å². The number of hydrogen-bond donors (Lipinski definition) is 1. The highest BCUT2D eigenvalue weighted by Crippen LogP contribution is 2.46. The van der Waals surface area contributed by atoms with Crippen LogP contribution >= 0.6 is 0 Å². The van der Waals surface area contributed by atoms with Crippen LogP contribution in [0.4, 0.5) is 0 Å². The maximum absolute atomic E-state index is 10.7. The van der Waals surface area contributed by atoms with Crippen molar-refractivity contribution in [2.75, 3.05) is 6.61 Å². The van der Waals surface area contributed by atoms with Gasteiger partial charge in [-0.1, -0.05) is 44.5 Å². The topological polar surface area (TPSA) is 60.5 Å². The van der Waals surface area contributed by atoms with E-state index in [1.165, 1.54) is 0 Å². The third kappa shape index (κ3) is 3.83. The van der Waals surface area contributed by atoms with Crippen molar-refractivity contribution in [1.82, 2.24) is 0 Å². The number of rotatable bonds is 3. The summed E-state index contributed by atoms with van der Waals surface area (Å²) in [5, 5.41) is 10.8. The summed E-state index contributed by atoms with van der Waals surface area (Å²) in [5.41, 5.74) is 0.110. The largest absolute Gasteiger partial charge is 0.410 e. The van der Waals surface area contributed by atoms with Crippen molar-refractivity contribution >= 4 is 8.32 Å². The smallest absolute Gasteiger partial charge is 0.196 e. The zero-order valence-corrected chi connectivity index (χ0v) is 19.5. The van der Waals surface area contributed by atoms with Crippen LogP contribution in [0.15, 0.2) is 11.6 Å². The maximum Gasteiger partial charge on any atom is 0.196 e. The molecule has 0 radical (unpaired) electrons. The van der Waals surface area contributed by atoms with Crippen molar-refractivity contribution in [1.29, 1.82) is 0 Å². The summed E-state index contributed by atoms with van der Waals surface area (Å²) in [6.45, 7) is 15.4. The van der Waals surface area contributed by atoms with E-state index < -0.39 is 25.8 Å². The van der Waals surface area contributed by atoms with Crippen molar-refractivity contribution in [3.63, 3.8) is 0 Å². The summed E-state index contributed by atoms with van der Waals surface area (Å²) >= 11 is 0. The van der Waals surface area contributed by atoms with Crippen LogP contribution in [0.2, 0.25) is 18.1 Å². The predicted octanol–water partition coefficient (Wildman–Crippen LogP) is 2.99. The second kappa shape index (κ2) is 6.69. The predicted molar refractivity (Wildman–Crippen MR) is 112 cm³/mol. The number of ether oxygens (including phenoxy) is 3. The Kier molecular flexibility index (Phi) is 4.87. The number of fused-ring (bicyclic) bond motifs is 2. The van der Waals surface area contributed by atoms with Gasteiger partial charge < -0.3 is 23.7 Å². The molecule has 6 heteroatoms. The molecule has 4 rings (SSSR count). The van der Waals surface area contributed by atoms with E-state index in [1.807, 2.05) is 13.8 Å². The second-order valence-electron chi connectivity index (χ2n) is 10.5. The molecule has 2 saturated heterocycles. The molecule has 2 heterocycles. The first-order chi connectivity index (χ1) is 13.3. The zero-order valence-electron chi connectivity index (χ0n) is 18.5. The first-order valence-corrected chi connectivity index (χ1v) is 13.4. The van der Waals surface area contributed by atoms with E-state index in [-0.39, 0.29) is 29.3 Å². The van der Waals surface area contributed by atoms with E-state index in [0.29, 0.717) is 13.0 Å². The van der Waals surface area contributed by atoms with Crippen LogP contribution in [0.3, 0.4) is 0 Å². The fourth-order valence-electron chi connectivity index (χ4n) is 3.89. The molecule has 6 atom stereocenters. The highest BCUT2D eigenvalue weighted by molar-refractivity contribution is 6.74. The van der Waals surface area contributed by atoms with E-state index in [4.69, 9.17) is 18.6 Å². The third-order valence-electron chi connectivity index (χ3n) is 6.78. The highest BCUT2D eigenvalue weighted by atomic mass is 28.4. The SMILES string of the molecule is CC1(C)OC[C@H]([C@]23C#CC4=C[C@@H](O[Si](C)(C)C(C)(C)C)C[C@@H]4[C@@H](O)C#C[C@H]2O3)O1. The Morgan fingerprint density at radius 3 is 2.55 bits per heavy atom. The summed E-state index contributed by atoms with van der Waals surface area (Å²) in [6.07, 6.45) is 1.32. The van der Waals surface area contributed by atoms with E-state index in [1.54, 1.807) is 0 Å². The van der Waals surface area contributed by atoms with E-state index in [2.05, 4.69) is 63.6 Å². The van der Waals surface area contributed by atoms with Crippen molar-refractivity contribution in [2.45, 2.75) is 95.0 Å². The molecule has 2 aliphatic carbocycles. The van der Waals surface area contributed by atoms with Crippen LogP contribution in [0.25, 0.3) is 0 Å². The monoisotopic (exact) mass is 416 g/mol. The molecule has 0 amide bonds. The van der Waals surface area contributed by atoms with Gasteiger partial charge in [-0.15, -0.1) is 0 Å². The Hall–Kier alpha value is -1.12. The van der Waals surface area contributed by atoms with Gasteiger partial charge in [-0.2, -0.15) is 0 Å². The number of aliphatic hydroxyl groups excluding tert-OH is 1. The quantitative estimate of drug-likeness (QED) is 0.435. The minimum Gasteiger partial charge on any atom is -0.410 e. The minimum absolute atomic E-state index is 0.0436. The van der Waals surface area contributed by atoms with Gasteiger partial charge in [0.2, 0.25) is 0 Å². The van der Waals surface area contributed by atoms with Gasteiger partial charge in [0.1, 0.15) is 12.2 Å². The number of aliphatic hydroxyl groups is 1. The lowest BCUT2D eigenvalue weighted by atomic mass is 9.95. The van der Waals surface area contributed by atoms with Gasteiger partial charge in [0.05, 0.1) is 12.7 Å². The summed E-state index contributed by atoms with van der Waals surface area (Å²) in [4.78, 5) is 0. The Labute approximate surface area is 175 Å². The molecule has 29 heavy (non-hydrogen) atoms. The lowest BCUT2D eigenvalue weighted by Crippen LogP contribution is -2.43. The van der Waals surface area contributed by atoms with E-state index in [9.17, 15) is 5.11 Å². The van der Waals surface area contributed by atoms with E-state index >= 15 is 0 Å². The molecule has 0 aromatic rings. The summed E-state index contributed by atoms with van der Waals surface area (Å²) in [5.74, 6) is 11.9. The van der Waals surface area contributed by atoms with Gasteiger partial charge in [0.15, 0.2) is 25.8 Å². The lowest BCUT2D eigenvalue weighted by Gasteiger charge is -2.38. The lowest BCUT2D eigenvalue weighted by molar-refractivity contribution is -0.143. The molecule has 0 spiro atoms. The molecule has 2 fully saturated rings. The maximum atomic E-state index is 10.7. The van der Waals surface area contributed by atoms with Crippen molar-refractivity contribution in [2.24, 2.45) is 5.92 Å². The standard InChI is InChI=1S/C23H32O5Si/c1-21(2,3)29(6,7)28-16-12-15-10-11-23(20-14-25-22(4,5)26-20)19(27-23)9-8-18(24)17(15)13-16/h12,16-20,24H,13-14H2,1-7H3/t16-,17+,18+,19-,20-,23+/m1/s1. The summed E-state index contributed by atoms with van der Waals surface area (Å²) in [6, 6.07) is 0. The molecule has 0 aromatic heterocycles. The second-order valence-corrected chi connectivity index (χ2v) is 15.2. The van der Waals surface area contributed by atoms with Crippen LogP contribution in [0.5, 0.6) is 0 Å². The first kappa shape index (κ1) is 21.1. The molecule has 0 bridgehead atoms. The normalized spacial score (nSPS) is 40.1. The molecule has 0 aromatic carbocycles. The van der Waals surface area contributed by atoms with Gasteiger partial charge >= 0.3 is 0 Å². The zero-order chi connectivity index (χ0) is 21.2. The Balaban J connectivity index is 1.60. The fraction of sp³-hybridized carbons (Fsp3) is 0.739.